The zero-order valence-electron chi connectivity index (χ0n) is 18.7. The average Bonchev–Trinajstić information content (AvgIpc) is 2.63. The molecule has 2 aromatic rings. The molecule has 1 heterocycles. The molecule has 1 aromatic heterocycles. The minimum absolute atomic E-state index is 0.172. The summed E-state index contributed by atoms with van der Waals surface area (Å²) in [6.45, 7) is 0. The number of carbonyl (C=O) groups excluding carboxylic acids is 1. The van der Waals surface area contributed by atoms with E-state index in [1.807, 2.05) is 0 Å². The lowest BCUT2D eigenvalue weighted by Crippen LogP contribution is -2.56. The van der Waals surface area contributed by atoms with Gasteiger partial charge in [-0.25, -0.2) is 0 Å². The number of nitrogens with zero attached hydrogens (tertiary/aromatic N) is 1. The molecule has 3 N–H and O–H groups in total. The van der Waals surface area contributed by atoms with Crippen molar-refractivity contribution in [2.75, 3.05) is 0 Å². The van der Waals surface area contributed by atoms with E-state index in [-0.39, 0.29) is 11.4 Å². The molecular weight excluding hydrogens is 357 g/mol. The molecule has 1 aromatic carbocycles. The van der Waals surface area contributed by atoms with E-state index in [1.54, 1.807) is 15.7 Å². The monoisotopic (exact) mass is 380 g/mol. The van der Waals surface area contributed by atoms with Crippen molar-refractivity contribution in [3.05, 3.63) is 5.69 Å². The number of nitrogens with one attached hydrogen (secondary N) is 1. The Kier molecular flexibility index (Phi) is 6.22. The molecule has 0 radical (unpaired) electrons. The van der Waals surface area contributed by atoms with Crippen molar-refractivity contribution in [3.8, 4) is 16.9 Å². The molecule has 0 fully saturated rings. The maximum absolute atomic E-state index is 12.6. The van der Waals surface area contributed by atoms with Crippen molar-refractivity contribution in [2.24, 2.45) is 0 Å². The summed E-state index contributed by atoms with van der Waals surface area (Å²) in [5.41, 5.74) is 8.63. The molecule has 1 amide bonds. The third kappa shape index (κ3) is 3.92. The average molecular weight is 379 g/mol. The van der Waals surface area contributed by atoms with Crippen molar-refractivity contribution in [2.45, 2.75) is 5.34 Å². The first-order chi connectivity index (χ1) is 13.2. The van der Waals surface area contributed by atoms with E-state index in [1.165, 1.54) is 32.1 Å². The smallest absolute Gasteiger partial charge is 0.311 e. The number of carbonyl (C=O) groups is 2. The third-order valence-corrected chi connectivity index (χ3v) is 6.02. The fourth-order valence-electron chi connectivity index (χ4n) is 3.64. The number of amides is 1. The van der Waals surface area contributed by atoms with Crippen LogP contribution < -0.4 is 43.7 Å². The van der Waals surface area contributed by atoms with Crippen LogP contribution in [0, 0.1) is 0 Å². The molecule has 0 bridgehead atoms. The number of benzene rings is 1. The minimum Gasteiger partial charge on any atom is -0.506 e. The fraction of sp³-hybridized carbons (Fsp3) is 0.0714. The van der Waals surface area contributed by atoms with Crippen LogP contribution in [0.1, 0.15) is 10.5 Å². The van der Waals surface area contributed by atoms with Crippen LogP contribution in [0.25, 0.3) is 11.1 Å². The van der Waals surface area contributed by atoms with Crippen molar-refractivity contribution < 1.29 is 19.8 Å². The summed E-state index contributed by atoms with van der Waals surface area (Å²) in [4.78, 5) is 28.3. The molecule has 0 aliphatic rings. The summed E-state index contributed by atoms with van der Waals surface area (Å²) in [5.74, 6) is -2.14. The molecule has 0 atom stereocenters. The van der Waals surface area contributed by atoms with Gasteiger partial charge in [-0.2, -0.15) is 0 Å². The van der Waals surface area contributed by atoms with Gasteiger partial charge < -0.3 is 15.5 Å². The Morgan fingerprint density at radius 2 is 1.24 bits per heavy atom. The Hall–Kier alpha value is -2.31. The van der Waals surface area contributed by atoms with E-state index in [0.29, 0.717) is 11.1 Å². The highest BCUT2D eigenvalue weighted by Crippen LogP contribution is 2.17. The summed E-state index contributed by atoms with van der Waals surface area (Å²) >= 11 is 0. The minimum atomic E-state index is -1.48. The number of aromatic nitrogens is 1. The Morgan fingerprint density at radius 3 is 1.69 bits per heavy atom. The zero-order valence-corrected chi connectivity index (χ0v) is 18.7. The van der Waals surface area contributed by atoms with Crippen LogP contribution in [0.3, 0.4) is 0 Å². The summed E-state index contributed by atoms with van der Waals surface area (Å²) in [5, 5.41) is 21.0. The first kappa shape index (κ1) is 23.0. The number of aromatic hydroxyl groups is 1. The largest absolute Gasteiger partial charge is 0.506 e. The van der Waals surface area contributed by atoms with Gasteiger partial charge in [-0.05, 0) is 16.6 Å². The van der Waals surface area contributed by atoms with E-state index in [9.17, 15) is 19.8 Å². The summed E-state index contributed by atoms with van der Waals surface area (Å²) in [6, 6.07) is 0. The number of carboxylic acids is 1. The molecule has 0 unspecified atom stereocenters. The highest BCUT2D eigenvalue weighted by atomic mass is 16.4. The molecule has 15 heteroatoms. The molecule has 2 rings (SSSR count). The van der Waals surface area contributed by atoms with Crippen LogP contribution in [0.4, 0.5) is 0 Å². The van der Waals surface area contributed by atoms with Crippen LogP contribution >= 0.6 is 0 Å². The summed E-state index contributed by atoms with van der Waals surface area (Å²) in [7, 11) is 16.7. The summed E-state index contributed by atoms with van der Waals surface area (Å²) in [6.07, 6.45) is 0. The van der Waals surface area contributed by atoms with Crippen molar-refractivity contribution in [3.63, 3.8) is 0 Å². The molecule has 0 aliphatic carbocycles. The van der Waals surface area contributed by atoms with E-state index in [0.717, 1.165) is 22.1 Å². The quantitative estimate of drug-likeness (QED) is 0.459. The second kappa shape index (κ2) is 7.84. The Morgan fingerprint density at radius 1 is 0.793 bits per heavy atom. The van der Waals surface area contributed by atoms with Crippen LogP contribution in [0.15, 0.2) is 0 Å². The van der Waals surface area contributed by atoms with Gasteiger partial charge >= 0.3 is 5.97 Å². The number of aliphatic carboxylic acids is 1. The highest BCUT2D eigenvalue weighted by Gasteiger charge is 2.31. The predicted molar refractivity (Wildman–Crippen MR) is 144 cm³/mol. The predicted octanol–water partition coefficient (Wildman–Crippen LogP) is -13.0. The normalized spacial score (nSPS) is 11.2. The van der Waals surface area contributed by atoms with Crippen molar-refractivity contribution in [1.29, 1.82) is 0 Å². The lowest BCUT2D eigenvalue weighted by molar-refractivity contribution is -0.138. The van der Waals surface area contributed by atoms with Gasteiger partial charge in [0.1, 0.15) is 68.5 Å². The van der Waals surface area contributed by atoms with Gasteiger partial charge in [0.25, 0.3) is 5.91 Å². The van der Waals surface area contributed by atoms with E-state index in [4.69, 9.17) is 0 Å². The SMILES string of the molecule is Bc1nc(C(=O)NC(B)(B)C(=O)O)c(O)c(B)c1-c1c(B)c(B)c(B)c(B)c1B. The number of hydrogen-bond donors (Lipinski definition) is 3. The Balaban J connectivity index is 2.72. The third-order valence-electron chi connectivity index (χ3n) is 6.02. The second-order valence-electron chi connectivity index (χ2n) is 8.28. The molecule has 29 heavy (non-hydrogen) atoms. The lowest BCUT2D eigenvalue weighted by atomic mass is 9.58. The standard InChI is InChI=1S/C14H21B9N2O4/c15-3-1(4(16)7(19)8(20)6(3)18)2-5(17)10(26)9(24-11(2)21)12(27)25-14(22,23)13(28)29/h26H,15-23H2,(H,25,27)(H,28,29). The number of pyridine rings is 1. The first-order valence-corrected chi connectivity index (χ1v) is 9.55. The van der Waals surface area contributed by atoms with Gasteiger partial charge in [0, 0.05) is 5.59 Å². The van der Waals surface area contributed by atoms with Crippen molar-refractivity contribution >= 4 is 121 Å². The number of rotatable bonds is 4. The highest BCUT2D eigenvalue weighted by molar-refractivity contribution is 6.69. The molecule has 138 valence electrons. The van der Waals surface area contributed by atoms with Crippen LogP contribution in [0.5, 0.6) is 5.75 Å². The maximum Gasteiger partial charge on any atom is 0.311 e. The van der Waals surface area contributed by atoms with Gasteiger partial charge in [0.15, 0.2) is 13.5 Å². The molecule has 0 saturated heterocycles. The fourth-order valence-corrected chi connectivity index (χ4v) is 3.64. The first-order valence-electron chi connectivity index (χ1n) is 9.55. The Bertz CT molecular complexity index is 1030. The lowest BCUT2D eigenvalue weighted by Gasteiger charge is -2.25. The molecule has 0 aliphatic heterocycles. The second-order valence-corrected chi connectivity index (χ2v) is 8.28. The van der Waals surface area contributed by atoms with Gasteiger partial charge in [0.05, 0.1) is 5.34 Å². The van der Waals surface area contributed by atoms with Crippen LogP contribution in [-0.4, -0.2) is 103 Å². The molecular formula is C14H21B9N2O4. The number of carboxylic acid groups (broad SMARTS) is 1. The van der Waals surface area contributed by atoms with E-state index in [2.05, 4.69) is 49.5 Å². The van der Waals surface area contributed by atoms with Gasteiger partial charge in [0.2, 0.25) is 0 Å². The molecule has 6 nitrogen and oxygen atoms in total. The van der Waals surface area contributed by atoms with Crippen molar-refractivity contribution in [1.82, 2.24) is 10.3 Å². The zero-order chi connectivity index (χ0) is 22.4. The van der Waals surface area contributed by atoms with Gasteiger partial charge in [-0.1, -0.05) is 10.9 Å². The van der Waals surface area contributed by atoms with Crippen LogP contribution in [0.2, 0.25) is 0 Å². The number of hydrogen-bond acceptors (Lipinski definition) is 4. The van der Waals surface area contributed by atoms with E-state index >= 15 is 0 Å². The van der Waals surface area contributed by atoms with Crippen LogP contribution in [-0.2, 0) is 4.79 Å². The molecule has 0 saturated carbocycles. The maximum atomic E-state index is 12.6. The van der Waals surface area contributed by atoms with Gasteiger partial charge in [-0.15, -0.1) is 16.4 Å². The summed E-state index contributed by atoms with van der Waals surface area (Å²) < 4.78 is 0. The molecule has 0 spiro atoms. The van der Waals surface area contributed by atoms with E-state index < -0.39 is 17.2 Å². The van der Waals surface area contributed by atoms with Gasteiger partial charge in [-0.3, -0.25) is 14.6 Å². The topological polar surface area (TPSA) is 99.5 Å². The Labute approximate surface area is 179 Å².